The average Bonchev–Trinajstić information content (AvgIpc) is 2.64. The van der Waals surface area contributed by atoms with E-state index in [1.807, 2.05) is 0 Å². The lowest BCUT2D eigenvalue weighted by Crippen LogP contribution is -2.06. The van der Waals surface area contributed by atoms with Crippen LogP contribution in [0.4, 0.5) is 0 Å². The molecule has 0 fully saturated rings. The molecule has 0 N–H and O–H groups in total. The monoisotopic (exact) mass is 316 g/mol. The summed E-state index contributed by atoms with van der Waals surface area (Å²) in [4.78, 5) is 0. The Balaban J connectivity index is 1.84. The van der Waals surface area contributed by atoms with E-state index in [9.17, 15) is 0 Å². The molecule has 3 aromatic carbocycles. The molecule has 1 nitrogen and oxygen atoms in total. The van der Waals surface area contributed by atoms with Crippen molar-refractivity contribution in [1.29, 1.82) is 0 Å². The van der Waals surface area contributed by atoms with E-state index >= 15 is 0 Å². The number of aryl methyl sites for hydroxylation is 1. The second kappa shape index (κ2) is 5.98. The number of ether oxygens (including phenoxy) is 1. The quantitative estimate of drug-likeness (QED) is 0.537. The van der Waals surface area contributed by atoms with Gasteiger partial charge in [-0.1, -0.05) is 51.1 Å². The van der Waals surface area contributed by atoms with E-state index in [0.29, 0.717) is 12.5 Å². The van der Waals surface area contributed by atoms with Crippen LogP contribution in [0.3, 0.4) is 0 Å². The predicted molar refractivity (Wildman–Crippen MR) is 102 cm³/mol. The van der Waals surface area contributed by atoms with E-state index in [1.54, 1.807) is 0 Å². The van der Waals surface area contributed by atoms with E-state index in [2.05, 4.69) is 69.3 Å². The van der Waals surface area contributed by atoms with Crippen LogP contribution in [-0.4, -0.2) is 0 Å². The lowest BCUT2D eigenvalue weighted by Gasteiger charge is -2.23. The summed E-state index contributed by atoms with van der Waals surface area (Å²) in [6, 6.07) is 18.1. The molecule has 1 heterocycles. The van der Waals surface area contributed by atoms with Crippen molar-refractivity contribution in [2.45, 2.75) is 46.1 Å². The van der Waals surface area contributed by atoms with Gasteiger partial charge in [-0.05, 0) is 70.0 Å². The summed E-state index contributed by atoms with van der Waals surface area (Å²) in [7, 11) is 0. The van der Waals surface area contributed by atoms with Crippen molar-refractivity contribution >= 4 is 10.8 Å². The molecule has 4 rings (SSSR count). The molecule has 1 unspecified atom stereocenters. The normalized spacial score (nSPS) is 14.0. The molecular weight excluding hydrogens is 292 g/mol. The van der Waals surface area contributed by atoms with Gasteiger partial charge in [-0.2, -0.15) is 0 Å². The molecular formula is C23H24O. The molecule has 1 aliphatic heterocycles. The van der Waals surface area contributed by atoms with Gasteiger partial charge >= 0.3 is 0 Å². The fraction of sp³-hybridized carbons (Fsp3) is 0.304. The van der Waals surface area contributed by atoms with Crippen LogP contribution in [0.5, 0.6) is 5.75 Å². The lowest BCUT2D eigenvalue weighted by molar-refractivity contribution is 0.302. The summed E-state index contributed by atoms with van der Waals surface area (Å²) in [6.07, 6.45) is 2.23. The first-order valence-electron chi connectivity index (χ1n) is 9.02. The van der Waals surface area contributed by atoms with Crippen LogP contribution >= 0.6 is 0 Å². The number of benzene rings is 3. The van der Waals surface area contributed by atoms with Crippen LogP contribution < -0.4 is 4.74 Å². The number of rotatable bonds is 3. The molecule has 3 aromatic rings. The summed E-state index contributed by atoms with van der Waals surface area (Å²) in [5, 5.41) is 2.63. The smallest absolute Gasteiger partial charge is 0.127 e. The summed E-state index contributed by atoms with van der Waals surface area (Å²) >= 11 is 0. The Morgan fingerprint density at radius 1 is 0.917 bits per heavy atom. The molecule has 24 heavy (non-hydrogen) atoms. The Hall–Kier alpha value is -2.28. The maximum Gasteiger partial charge on any atom is 0.127 e. The second-order valence-corrected chi connectivity index (χ2v) is 6.90. The third-order valence-corrected chi connectivity index (χ3v) is 5.40. The van der Waals surface area contributed by atoms with Gasteiger partial charge in [-0.3, -0.25) is 0 Å². The topological polar surface area (TPSA) is 9.23 Å². The average molecular weight is 316 g/mol. The summed E-state index contributed by atoms with van der Waals surface area (Å²) in [6.45, 7) is 7.38. The summed E-state index contributed by atoms with van der Waals surface area (Å²) in [5.74, 6) is 1.61. The van der Waals surface area contributed by atoms with Crippen LogP contribution in [0.15, 0.2) is 48.5 Å². The largest absolute Gasteiger partial charge is 0.488 e. The fourth-order valence-electron chi connectivity index (χ4n) is 3.56. The fourth-order valence-corrected chi connectivity index (χ4v) is 3.56. The zero-order valence-corrected chi connectivity index (χ0v) is 14.7. The first-order chi connectivity index (χ1) is 11.7. The minimum atomic E-state index is 0.573. The van der Waals surface area contributed by atoms with Crippen molar-refractivity contribution in [3.63, 3.8) is 0 Å². The van der Waals surface area contributed by atoms with E-state index in [1.165, 1.54) is 38.6 Å². The maximum absolute atomic E-state index is 6.09. The van der Waals surface area contributed by atoms with Gasteiger partial charge in [-0.15, -0.1) is 0 Å². The molecule has 0 spiro atoms. The van der Waals surface area contributed by atoms with Gasteiger partial charge < -0.3 is 4.74 Å². The minimum absolute atomic E-state index is 0.573. The van der Waals surface area contributed by atoms with E-state index in [4.69, 9.17) is 4.74 Å². The highest BCUT2D eigenvalue weighted by Crippen LogP contribution is 2.41. The Morgan fingerprint density at radius 3 is 2.58 bits per heavy atom. The Labute approximate surface area is 144 Å². The van der Waals surface area contributed by atoms with Crippen molar-refractivity contribution in [3.05, 3.63) is 65.2 Å². The van der Waals surface area contributed by atoms with Crippen molar-refractivity contribution in [2.24, 2.45) is 0 Å². The Morgan fingerprint density at radius 2 is 1.79 bits per heavy atom. The number of fused-ring (bicyclic) bond motifs is 4. The molecule has 0 aromatic heterocycles. The lowest BCUT2D eigenvalue weighted by atomic mass is 9.90. The van der Waals surface area contributed by atoms with Crippen molar-refractivity contribution in [3.8, 4) is 16.9 Å². The number of hydrogen-bond acceptors (Lipinski definition) is 1. The zero-order valence-electron chi connectivity index (χ0n) is 14.7. The maximum atomic E-state index is 6.09. The van der Waals surface area contributed by atoms with Gasteiger partial charge in [0.2, 0.25) is 0 Å². The number of hydrogen-bond donors (Lipinski definition) is 0. The van der Waals surface area contributed by atoms with Crippen LogP contribution in [0.2, 0.25) is 0 Å². The van der Waals surface area contributed by atoms with Crippen molar-refractivity contribution in [2.75, 3.05) is 0 Å². The SMILES string of the molecule is CCc1ccc2cc3c(cc2c1)COc1cc(C(C)CC)ccc1-3. The molecule has 1 heteroatoms. The summed E-state index contributed by atoms with van der Waals surface area (Å²) in [5.41, 5.74) is 6.60. The van der Waals surface area contributed by atoms with Crippen LogP contribution in [0, 0.1) is 0 Å². The molecule has 0 saturated carbocycles. The van der Waals surface area contributed by atoms with Crippen LogP contribution in [-0.2, 0) is 13.0 Å². The highest BCUT2D eigenvalue weighted by molar-refractivity contribution is 5.91. The van der Waals surface area contributed by atoms with Gasteiger partial charge in [0.25, 0.3) is 0 Å². The standard InChI is InChI=1S/C23H24O/c1-4-15(3)17-8-9-21-22-12-18-7-6-16(5-2)10-19(18)11-20(22)14-24-23(21)13-17/h6-13,15H,4-5,14H2,1-3H3. The molecule has 1 atom stereocenters. The second-order valence-electron chi connectivity index (χ2n) is 6.90. The highest BCUT2D eigenvalue weighted by atomic mass is 16.5. The van der Waals surface area contributed by atoms with Crippen LogP contribution in [0.25, 0.3) is 21.9 Å². The third kappa shape index (κ3) is 2.49. The first kappa shape index (κ1) is 15.3. The Bertz CT molecular complexity index is 907. The minimum Gasteiger partial charge on any atom is -0.488 e. The van der Waals surface area contributed by atoms with E-state index in [-0.39, 0.29) is 0 Å². The van der Waals surface area contributed by atoms with E-state index in [0.717, 1.165) is 18.6 Å². The van der Waals surface area contributed by atoms with Crippen LogP contribution in [0.1, 0.15) is 49.8 Å². The van der Waals surface area contributed by atoms with E-state index < -0.39 is 0 Å². The molecule has 122 valence electrons. The predicted octanol–water partition coefficient (Wildman–Crippen LogP) is 6.48. The molecule has 0 saturated heterocycles. The van der Waals surface area contributed by atoms with Gasteiger partial charge in [-0.25, -0.2) is 0 Å². The van der Waals surface area contributed by atoms with Crippen molar-refractivity contribution < 1.29 is 4.74 Å². The van der Waals surface area contributed by atoms with Gasteiger partial charge in [0.15, 0.2) is 0 Å². The molecule has 0 aliphatic carbocycles. The van der Waals surface area contributed by atoms with Gasteiger partial charge in [0.1, 0.15) is 12.4 Å². The molecule has 0 radical (unpaired) electrons. The highest BCUT2D eigenvalue weighted by Gasteiger charge is 2.19. The molecule has 0 amide bonds. The molecule has 1 aliphatic rings. The van der Waals surface area contributed by atoms with Crippen molar-refractivity contribution in [1.82, 2.24) is 0 Å². The summed E-state index contributed by atoms with van der Waals surface area (Å²) < 4.78 is 6.09. The first-order valence-corrected chi connectivity index (χ1v) is 9.02. The zero-order chi connectivity index (χ0) is 16.7. The van der Waals surface area contributed by atoms with Gasteiger partial charge in [0, 0.05) is 5.56 Å². The van der Waals surface area contributed by atoms with Gasteiger partial charge in [0.05, 0.1) is 0 Å². The Kier molecular flexibility index (Phi) is 3.80. The third-order valence-electron chi connectivity index (χ3n) is 5.40. The molecule has 0 bridgehead atoms.